The molecule has 2 aromatic rings. The van der Waals surface area contributed by atoms with Crippen LogP contribution in [0.25, 0.3) is 0 Å². The van der Waals surface area contributed by atoms with E-state index in [-0.39, 0.29) is 11.8 Å². The number of piperidine rings is 1. The summed E-state index contributed by atoms with van der Waals surface area (Å²) in [5.41, 5.74) is 2.04. The number of hydrogen-bond acceptors (Lipinski definition) is 3. The van der Waals surface area contributed by atoms with Gasteiger partial charge < -0.3 is 14.7 Å². The Labute approximate surface area is 159 Å². The van der Waals surface area contributed by atoms with E-state index in [4.69, 9.17) is 16.3 Å². The van der Waals surface area contributed by atoms with Gasteiger partial charge in [-0.15, -0.1) is 0 Å². The topological polar surface area (TPSA) is 62.7 Å². The van der Waals surface area contributed by atoms with E-state index >= 15 is 0 Å². The van der Waals surface area contributed by atoms with E-state index in [9.17, 15) is 9.90 Å². The molecule has 1 saturated heterocycles. The molecule has 3 rings (SSSR count). The Morgan fingerprint density at radius 2 is 2.16 bits per heavy atom. The van der Waals surface area contributed by atoms with Gasteiger partial charge in [0.15, 0.2) is 0 Å². The van der Waals surface area contributed by atoms with Crippen LogP contribution in [-0.4, -0.2) is 41.3 Å². The Hall–Kier alpha value is -1.79. The van der Waals surface area contributed by atoms with Gasteiger partial charge in [-0.25, -0.2) is 9.78 Å². The van der Waals surface area contributed by atoms with Crippen molar-refractivity contribution in [2.24, 2.45) is 0 Å². The maximum atomic E-state index is 11.5. The maximum absolute atomic E-state index is 11.5. The predicted octanol–water partition coefficient (Wildman–Crippen LogP) is 4.76. The second-order valence-corrected chi connectivity index (χ2v) is 7.35. The molecule has 1 amide bonds. The van der Waals surface area contributed by atoms with E-state index in [2.05, 4.69) is 20.9 Å². The minimum Gasteiger partial charge on any atom is -0.481 e. The van der Waals surface area contributed by atoms with Gasteiger partial charge in [-0.2, -0.15) is 0 Å². The van der Waals surface area contributed by atoms with Gasteiger partial charge in [0, 0.05) is 40.8 Å². The molecule has 0 saturated carbocycles. The Morgan fingerprint density at radius 1 is 1.36 bits per heavy atom. The Balaban J connectivity index is 2.01. The van der Waals surface area contributed by atoms with Crippen LogP contribution in [0, 0.1) is 0 Å². The molecule has 0 spiro atoms. The normalized spacial score (nSPS) is 20.4. The number of nitrogens with zero attached hydrogens (tertiary/aromatic N) is 2. The van der Waals surface area contributed by atoms with Crippen molar-refractivity contribution >= 4 is 33.6 Å². The van der Waals surface area contributed by atoms with Gasteiger partial charge in [0.25, 0.3) is 0 Å². The van der Waals surface area contributed by atoms with Gasteiger partial charge in [0.2, 0.25) is 5.88 Å². The molecule has 1 aromatic carbocycles. The van der Waals surface area contributed by atoms with Gasteiger partial charge in [0.05, 0.1) is 7.11 Å². The SMILES string of the molecule is COc1cc(C2CCN(C(=O)O)CC2c2ccc(Br)cc2Cl)ccn1. The van der Waals surface area contributed by atoms with Crippen LogP contribution in [0.15, 0.2) is 41.0 Å². The van der Waals surface area contributed by atoms with Crippen molar-refractivity contribution in [2.45, 2.75) is 18.3 Å². The molecule has 1 N–H and O–H groups in total. The van der Waals surface area contributed by atoms with Crippen molar-refractivity contribution in [1.29, 1.82) is 0 Å². The van der Waals surface area contributed by atoms with Crippen molar-refractivity contribution in [1.82, 2.24) is 9.88 Å². The number of amides is 1. The van der Waals surface area contributed by atoms with E-state index in [1.165, 1.54) is 4.90 Å². The van der Waals surface area contributed by atoms with Crippen LogP contribution < -0.4 is 4.74 Å². The van der Waals surface area contributed by atoms with Crippen LogP contribution >= 0.6 is 27.5 Å². The fourth-order valence-corrected chi connectivity index (χ4v) is 4.22. The van der Waals surface area contributed by atoms with Crippen molar-refractivity contribution in [3.8, 4) is 5.88 Å². The number of rotatable bonds is 3. The lowest BCUT2D eigenvalue weighted by Crippen LogP contribution is -2.41. The number of aromatic nitrogens is 1. The lowest BCUT2D eigenvalue weighted by molar-refractivity contribution is 0.125. The molecule has 0 bridgehead atoms. The average molecular weight is 426 g/mol. The van der Waals surface area contributed by atoms with Crippen molar-refractivity contribution < 1.29 is 14.6 Å². The van der Waals surface area contributed by atoms with Gasteiger partial charge in [-0.1, -0.05) is 33.6 Å². The highest BCUT2D eigenvalue weighted by Crippen LogP contribution is 2.43. The molecule has 2 unspecified atom stereocenters. The molecule has 2 heterocycles. The van der Waals surface area contributed by atoms with Gasteiger partial charge in [-0.3, -0.25) is 0 Å². The number of methoxy groups -OCH3 is 1. The van der Waals surface area contributed by atoms with Gasteiger partial charge in [0.1, 0.15) is 0 Å². The Bertz CT molecular complexity index is 787. The Kier molecular flexibility index (Phi) is 5.49. The fourth-order valence-electron chi connectivity index (χ4n) is 3.41. The largest absolute Gasteiger partial charge is 0.481 e. The zero-order chi connectivity index (χ0) is 18.0. The molecule has 1 aliphatic rings. The lowest BCUT2D eigenvalue weighted by atomic mass is 9.77. The monoisotopic (exact) mass is 424 g/mol. The lowest BCUT2D eigenvalue weighted by Gasteiger charge is -2.38. The molecule has 0 aliphatic carbocycles. The summed E-state index contributed by atoms with van der Waals surface area (Å²) in [5.74, 6) is 0.669. The first kappa shape index (κ1) is 18.0. The second-order valence-electron chi connectivity index (χ2n) is 6.03. The zero-order valence-corrected chi connectivity index (χ0v) is 16.0. The molecular weight excluding hydrogens is 408 g/mol. The van der Waals surface area contributed by atoms with Crippen molar-refractivity contribution in [3.63, 3.8) is 0 Å². The van der Waals surface area contributed by atoms with Crippen LogP contribution in [0.2, 0.25) is 5.02 Å². The molecule has 1 fully saturated rings. The van der Waals surface area contributed by atoms with E-state index in [0.717, 1.165) is 22.0 Å². The summed E-state index contributed by atoms with van der Waals surface area (Å²) in [4.78, 5) is 17.1. The van der Waals surface area contributed by atoms with E-state index in [1.54, 1.807) is 13.3 Å². The Morgan fingerprint density at radius 3 is 2.84 bits per heavy atom. The minimum atomic E-state index is -0.899. The summed E-state index contributed by atoms with van der Waals surface area (Å²) in [7, 11) is 1.59. The maximum Gasteiger partial charge on any atom is 0.407 e. The van der Waals surface area contributed by atoms with Gasteiger partial charge >= 0.3 is 6.09 Å². The highest BCUT2D eigenvalue weighted by atomic mass is 79.9. The number of pyridine rings is 1. The van der Waals surface area contributed by atoms with Crippen LogP contribution in [0.5, 0.6) is 5.88 Å². The number of carbonyl (C=O) groups is 1. The number of benzene rings is 1. The molecule has 25 heavy (non-hydrogen) atoms. The smallest absolute Gasteiger partial charge is 0.407 e. The number of halogens is 2. The molecule has 1 aliphatic heterocycles. The first-order valence-electron chi connectivity index (χ1n) is 7.92. The molecule has 132 valence electrons. The highest BCUT2D eigenvalue weighted by molar-refractivity contribution is 9.10. The zero-order valence-electron chi connectivity index (χ0n) is 13.7. The summed E-state index contributed by atoms with van der Waals surface area (Å²) >= 11 is 9.89. The molecular formula is C18H18BrClN2O3. The summed E-state index contributed by atoms with van der Waals surface area (Å²) in [6, 6.07) is 9.63. The number of carboxylic acid groups (broad SMARTS) is 1. The number of hydrogen-bond donors (Lipinski definition) is 1. The van der Waals surface area contributed by atoms with Crippen molar-refractivity contribution in [2.75, 3.05) is 20.2 Å². The first-order valence-corrected chi connectivity index (χ1v) is 9.09. The summed E-state index contributed by atoms with van der Waals surface area (Å²) in [5, 5.41) is 10.0. The molecule has 7 heteroatoms. The number of likely N-dealkylation sites (tertiary alicyclic amines) is 1. The third-order valence-corrected chi connectivity index (χ3v) is 5.46. The molecule has 0 radical (unpaired) electrons. The number of ether oxygens (including phenoxy) is 1. The standard InChI is InChI=1S/C18H18BrClN2O3/c1-25-17-8-11(4-6-21-17)13-5-7-22(18(23)24)10-15(13)14-3-2-12(19)9-16(14)20/h2-4,6,8-9,13,15H,5,7,10H2,1H3,(H,23,24). The minimum absolute atomic E-state index is 0.0300. The molecule has 5 nitrogen and oxygen atoms in total. The van der Waals surface area contributed by atoms with Crippen LogP contribution in [-0.2, 0) is 0 Å². The van der Waals surface area contributed by atoms with Crippen LogP contribution in [0.1, 0.15) is 29.4 Å². The predicted molar refractivity (Wildman–Crippen MR) is 99.6 cm³/mol. The summed E-state index contributed by atoms with van der Waals surface area (Å²) in [6.07, 6.45) is 1.54. The first-order chi connectivity index (χ1) is 12.0. The van der Waals surface area contributed by atoms with Crippen molar-refractivity contribution in [3.05, 3.63) is 57.2 Å². The van der Waals surface area contributed by atoms with Crippen LogP contribution in [0.4, 0.5) is 4.79 Å². The van der Waals surface area contributed by atoms with E-state index < -0.39 is 6.09 Å². The third-order valence-electron chi connectivity index (χ3n) is 4.64. The second kappa shape index (κ2) is 7.62. The van der Waals surface area contributed by atoms with E-state index in [1.807, 2.05) is 30.3 Å². The summed E-state index contributed by atoms with van der Waals surface area (Å²) < 4.78 is 6.14. The van der Waals surface area contributed by atoms with Gasteiger partial charge in [-0.05, 0) is 41.7 Å². The quantitative estimate of drug-likeness (QED) is 0.770. The summed E-state index contributed by atoms with van der Waals surface area (Å²) in [6.45, 7) is 0.904. The van der Waals surface area contributed by atoms with E-state index in [0.29, 0.717) is 24.0 Å². The molecule has 2 atom stereocenters. The third kappa shape index (κ3) is 3.90. The molecule has 1 aromatic heterocycles. The average Bonchev–Trinajstić information content (AvgIpc) is 2.61. The highest BCUT2D eigenvalue weighted by Gasteiger charge is 2.34. The fraction of sp³-hybridized carbons (Fsp3) is 0.333. The van der Waals surface area contributed by atoms with Crippen LogP contribution in [0.3, 0.4) is 0 Å².